The van der Waals surface area contributed by atoms with Gasteiger partial charge in [-0.25, -0.2) is 8.78 Å². The van der Waals surface area contributed by atoms with E-state index in [1.807, 2.05) is 53.4 Å². The van der Waals surface area contributed by atoms with E-state index in [0.717, 1.165) is 17.4 Å². The molecule has 0 aliphatic rings. The first-order valence-electron chi connectivity index (χ1n) is 6.63. The minimum absolute atomic E-state index is 0.307. The van der Waals surface area contributed by atoms with Crippen LogP contribution >= 0.6 is 0 Å². The summed E-state index contributed by atoms with van der Waals surface area (Å²) in [6, 6.07) is 15.3. The predicted octanol–water partition coefficient (Wildman–Crippen LogP) is 4.37. The SMILES string of the molecule is Fc1ccc(CNc2cccc(-n3cccc3)c2)c(F)c1. The molecule has 0 aliphatic heterocycles. The molecule has 0 saturated heterocycles. The fraction of sp³-hybridized carbons (Fsp3) is 0.0588. The summed E-state index contributed by atoms with van der Waals surface area (Å²) in [7, 11) is 0. The van der Waals surface area contributed by atoms with E-state index in [0.29, 0.717) is 12.1 Å². The van der Waals surface area contributed by atoms with Crippen molar-refractivity contribution in [3.63, 3.8) is 0 Å². The molecule has 0 unspecified atom stereocenters. The molecule has 0 fully saturated rings. The maximum absolute atomic E-state index is 13.6. The first-order valence-corrected chi connectivity index (χ1v) is 6.63. The molecule has 0 radical (unpaired) electrons. The summed E-state index contributed by atoms with van der Waals surface area (Å²) >= 11 is 0. The van der Waals surface area contributed by atoms with Crippen LogP contribution in [0.3, 0.4) is 0 Å². The third-order valence-electron chi connectivity index (χ3n) is 3.25. The largest absolute Gasteiger partial charge is 0.381 e. The van der Waals surface area contributed by atoms with Crippen molar-refractivity contribution in [2.45, 2.75) is 6.54 Å². The molecule has 0 atom stereocenters. The molecule has 1 N–H and O–H groups in total. The number of nitrogens with zero attached hydrogens (tertiary/aromatic N) is 1. The van der Waals surface area contributed by atoms with Crippen LogP contribution in [0.5, 0.6) is 0 Å². The van der Waals surface area contributed by atoms with Crippen LogP contribution in [-0.4, -0.2) is 4.57 Å². The van der Waals surface area contributed by atoms with Crippen molar-refractivity contribution in [3.05, 3.63) is 84.2 Å². The number of benzene rings is 2. The second-order valence-electron chi connectivity index (χ2n) is 4.73. The van der Waals surface area contributed by atoms with Gasteiger partial charge in [0.15, 0.2) is 0 Å². The van der Waals surface area contributed by atoms with E-state index < -0.39 is 11.6 Å². The highest BCUT2D eigenvalue weighted by Crippen LogP contribution is 2.17. The molecule has 106 valence electrons. The van der Waals surface area contributed by atoms with E-state index in [9.17, 15) is 8.78 Å². The van der Waals surface area contributed by atoms with E-state index in [1.165, 1.54) is 12.1 Å². The average Bonchev–Trinajstić information content (AvgIpc) is 3.01. The fourth-order valence-electron chi connectivity index (χ4n) is 2.15. The van der Waals surface area contributed by atoms with Gasteiger partial charge in [0.25, 0.3) is 0 Å². The molecule has 0 aliphatic carbocycles. The Bertz CT molecular complexity index is 736. The summed E-state index contributed by atoms with van der Waals surface area (Å²) < 4.78 is 28.4. The van der Waals surface area contributed by atoms with Crippen molar-refractivity contribution < 1.29 is 8.78 Å². The third-order valence-corrected chi connectivity index (χ3v) is 3.25. The number of hydrogen-bond acceptors (Lipinski definition) is 1. The molecule has 0 spiro atoms. The van der Waals surface area contributed by atoms with Gasteiger partial charge in [0.1, 0.15) is 11.6 Å². The molecule has 1 heterocycles. The summed E-state index contributed by atoms with van der Waals surface area (Å²) in [4.78, 5) is 0. The van der Waals surface area contributed by atoms with Crippen molar-refractivity contribution in [2.75, 3.05) is 5.32 Å². The van der Waals surface area contributed by atoms with Crippen molar-refractivity contribution >= 4 is 5.69 Å². The molecular formula is C17H14F2N2. The monoisotopic (exact) mass is 284 g/mol. The Morgan fingerprint density at radius 1 is 0.905 bits per heavy atom. The third kappa shape index (κ3) is 3.11. The zero-order chi connectivity index (χ0) is 14.7. The van der Waals surface area contributed by atoms with Crippen molar-refractivity contribution in [3.8, 4) is 5.69 Å². The van der Waals surface area contributed by atoms with Crippen molar-refractivity contribution in [2.24, 2.45) is 0 Å². The topological polar surface area (TPSA) is 17.0 Å². The number of aromatic nitrogens is 1. The standard InChI is InChI=1S/C17H14F2N2/c18-14-7-6-13(17(19)10-14)12-20-15-4-3-5-16(11-15)21-8-1-2-9-21/h1-11,20H,12H2. The highest BCUT2D eigenvalue weighted by Gasteiger charge is 2.04. The average molecular weight is 284 g/mol. The minimum Gasteiger partial charge on any atom is -0.381 e. The van der Waals surface area contributed by atoms with Gasteiger partial charge in [0, 0.05) is 41.9 Å². The van der Waals surface area contributed by atoms with Crippen LogP contribution in [0, 0.1) is 11.6 Å². The highest BCUT2D eigenvalue weighted by atomic mass is 19.1. The molecule has 0 bridgehead atoms. The molecule has 4 heteroatoms. The van der Waals surface area contributed by atoms with Crippen molar-refractivity contribution in [1.29, 1.82) is 0 Å². The Balaban J connectivity index is 1.75. The lowest BCUT2D eigenvalue weighted by Gasteiger charge is -2.10. The predicted molar refractivity (Wildman–Crippen MR) is 79.5 cm³/mol. The zero-order valence-corrected chi connectivity index (χ0v) is 11.3. The Kier molecular flexibility index (Phi) is 3.69. The van der Waals surface area contributed by atoms with Crippen LogP contribution < -0.4 is 5.32 Å². The van der Waals surface area contributed by atoms with Crippen LogP contribution in [-0.2, 0) is 6.54 Å². The van der Waals surface area contributed by atoms with Gasteiger partial charge in [0.05, 0.1) is 0 Å². The first-order chi connectivity index (χ1) is 10.2. The molecule has 2 aromatic carbocycles. The summed E-state index contributed by atoms with van der Waals surface area (Å²) in [5, 5.41) is 3.15. The molecule has 2 nitrogen and oxygen atoms in total. The first kappa shape index (κ1) is 13.4. The number of hydrogen-bond donors (Lipinski definition) is 1. The molecule has 0 saturated carbocycles. The Morgan fingerprint density at radius 3 is 2.48 bits per heavy atom. The van der Waals surface area contributed by atoms with Gasteiger partial charge in [-0.05, 0) is 36.4 Å². The Labute approximate surface area is 121 Å². The second kappa shape index (κ2) is 5.79. The molecule has 3 aromatic rings. The van der Waals surface area contributed by atoms with Crippen molar-refractivity contribution in [1.82, 2.24) is 4.57 Å². The molecule has 3 rings (SSSR count). The van der Waals surface area contributed by atoms with E-state index in [2.05, 4.69) is 5.32 Å². The van der Waals surface area contributed by atoms with Gasteiger partial charge in [-0.1, -0.05) is 12.1 Å². The lowest BCUT2D eigenvalue weighted by atomic mass is 10.2. The maximum atomic E-state index is 13.6. The van der Waals surface area contributed by atoms with E-state index >= 15 is 0 Å². The van der Waals surface area contributed by atoms with Crippen LogP contribution in [0.25, 0.3) is 5.69 Å². The van der Waals surface area contributed by atoms with Crippen LogP contribution in [0.15, 0.2) is 67.0 Å². The number of rotatable bonds is 4. The quantitative estimate of drug-likeness (QED) is 0.753. The van der Waals surface area contributed by atoms with Gasteiger partial charge in [0.2, 0.25) is 0 Å². The fourth-order valence-corrected chi connectivity index (χ4v) is 2.15. The summed E-state index contributed by atoms with van der Waals surface area (Å²) in [5.74, 6) is -1.10. The smallest absolute Gasteiger partial charge is 0.131 e. The lowest BCUT2D eigenvalue weighted by molar-refractivity contribution is 0.574. The van der Waals surface area contributed by atoms with Gasteiger partial charge >= 0.3 is 0 Å². The molecule has 0 amide bonds. The Morgan fingerprint density at radius 2 is 1.71 bits per heavy atom. The Hall–Kier alpha value is -2.62. The zero-order valence-electron chi connectivity index (χ0n) is 11.3. The molecular weight excluding hydrogens is 270 g/mol. The van der Waals surface area contributed by atoms with Gasteiger partial charge < -0.3 is 9.88 Å². The normalized spacial score (nSPS) is 10.6. The van der Waals surface area contributed by atoms with Crippen LogP contribution in [0.1, 0.15) is 5.56 Å². The summed E-state index contributed by atoms with van der Waals surface area (Å²) in [5.41, 5.74) is 2.33. The lowest BCUT2D eigenvalue weighted by Crippen LogP contribution is -2.02. The number of anilines is 1. The number of halogens is 2. The maximum Gasteiger partial charge on any atom is 0.131 e. The minimum atomic E-state index is -0.564. The highest BCUT2D eigenvalue weighted by molar-refractivity contribution is 5.51. The van der Waals surface area contributed by atoms with E-state index in [1.54, 1.807) is 0 Å². The van der Waals surface area contributed by atoms with Gasteiger partial charge in [-0.15, -0.1) is 0 Å². The summed E-state index contributed by atoms with van der Waals surface area (Å²) in [6.07, 6.45) is 3.91. The van der Waals surface area contributed by atoms with Crippen LogP contribution in [0.4, 0.5) is 14.5 Å². The number of nitrogens with one attached hydrogen (secondary N) is 1. The van der Waals surface area contributed by atoms with Gasteiger partial charge in [-0.2, -0.15) is 0 Å². The molecule has 21 heavy (non-hydrogen) atoms. The van der Waals surface area contributed by atoms with Gasteiger partial charge in [-0.3, -0.25) is 0 Å². The summed E-state index contributed by atoms with van der Waals surface area (Å²) in [6.45, 7) is 0.307. The van der Waals surface area contributed by atoms with Crippen LogP contribution in [0.2, 0.25) is 0 Å². The van der Waals surface area contributed by atoms with E-state index in [4.69, 9.17) is 0 Å². The molecule has 1 aromatic heterocycles. The van der Waals surface area contributed by atoms with E-state index in [-0.39, 0.29) is 0 Å². The second-order valence-corrected chi connectivity index (χ2v) is 4.73.